The number of carbonyl (C=O) groups excluding carboxylic acids is 1. The van der Waals surface area contributed by atoms with Crippen molar-refractivity contribution in [3.8, 4) is 0 Å². The highest BCUT2D eigenvalue weighted by Gasteiger charge is 2.23. The quantitative estimate of drug-likeness (QED) is 0.241. The molecule has 1 aliphatic heterocycles. The molecule has 2 heterocycles. The molecule has 156 valence electrons. The molecular formula is C21H29IN6O. The van der Waals surface area contributed by atoms with E-state index in [-0.39, 0.29) is 29.9 Å². The summed E-state index contributed by atoms with van der Waals surface area (Å²) in [5, 5.41) is 9.60. The number of pyridine rings is 1. The molecule has 1 amide bonds. The van der Waals surface area contributed by atoms with Crippen LogP contribution in [0.4, 0.5) is 5.69 Å². The summed E-state index contributed by atoms with van der Waals surface area (Å²) in [6.45, 7) is 5.18. The Bertz CT molecular complexity index is 797. The second kappa shape index (κ2) is 11.6. The summed E-state index contributed by atoms with van der Waals surface area (Å²) in [5.74, 6) is 0.633. The van der Waals surface area contributed by atoms with E-state index in [1.165, 1.54) is 11.3 Å². The highest BCUT2D eigenvalue weighted by molar-refractivity contribution is 14.0. The first kappa shape index (κ1) is 22.9. The first-order valence-electron chi connectivity index (χ1n) is 9.63. The molecule has 1 aliphatic rings. The van der Waals surface area contributed by atoms with Gasteiger partial charge in [0, 0.05) is 57.3 Å². The molecule has 1 atom stereocenters. The van der Waals surface area contributed by atoms with E-state index in [0.29, 0.717) is 24.7 Å². The number of benzene rings is 1. The number of carbonyl (C=O) groups is 1. The molecule has 1 aromatic carbocycles. The summed E-state index contributed by atoms with van der Waals surface area (Å²) in [6.07, 6.45) is 4.27. The van der Waals surface area contributed by atoms with Crippen molar-refractivity contribution < 1.29 is 4.79 Å². The van der Waals surface area contributed by atoms with Gasteiger partial charge in [0.1, 0.15) is 0 Å². The van der Waals surface area contributed by atoms with Crippen LogP contribution in [-0.2, 0) is 0 Å². The average Bonchev–Trinajstić information content (AvgIpc) is 3.19. The van der Waals surface area contributed by atoms with E-state index in [9.17, 15) is 4.79 Å². The highest BCUT2D eigenvalue weighted by atomic mass is 127. The Hall–Kier alpha value is -2.36. The topological polar surface area (TPSA) is 81.6 Å². The zero-order valence-corrected chi connectivity index (χ0v) is 19.2. The maximum absolute atomic E-state index is 12.0. The van der Waals surface area contributed by atoms with Gasteiger partial charge in [-0.3, -0.25) is 14.8 Å². The molecule has 29 heavy (non-hydrogen) atoms. The number of aryl methyl sites for hydroxylation is 1. The van der Waals surface area contributed by atoms with Crippen LogP contribution < -0.4 is 20.9 Å². The van der Waals surface area contributed by atoms with Crippen molar-refractivity contribution in [1.82, 2.24) is 20.9 Å². The van der Waals surface area contributed by atoms with Gasteiger partial charge in [-0.05, 0) is 37.6 Å². The Labute approximate surface area is 189 Å². The minimum Gasteiger partial charge on any atom is -0.369 e. The molecule has 1 saturated heterocycles. The lowest BCUT2D eigenvalue weighted by Crippen LogP contribution is -2.46. The van der Waals surface area contributed by atoms with Crippen LogP contribution in [0.5, 0.6) is 0 Å². The molecule has 0 radical (unpaired) electrons. The number of hydrogen-bond acceptors (Lipinski definition) is 4. The van der Waals surface area contributed by atoms with Crippen molar-refractivity contribution in [2.45, 2.75) is 19.4 Å². The van der Waals surface area contributed by atoms with Crippen molar-refractivity contribution >= 4 is 41.5 Å². The smallest absolute Gasteiger partial charge is 0.252 e. The lowest BCUT2D eigenvalue weighted by atomic mass is 10.2. The van der Waals surface area contributed by atoms with Gasteiger partial charge in [-0.25, -0.2) is 0 Å². The van der Waals surface area contributed by atoms with E-state index in [0.717, 1.165) is 25.5 Å². The summed E-state index contributed by atoms with van der Waals surface area (Å²) in [7, 11) is 1.76. The van der Waals surface area contributed by atoms with E-state index in [2.05, 4.69) is 62.0 Å². The molecule has 1 unspecified atom stereocenters. The summed E-state index contributed by atoms with van der Waals surface area (Å²) >= 11 is 0. The third-order valence-corrected chi connectivity index (χ3v) is 4.78. The number of halogens is 1. The fourth-order valence-electron chi connectivity index (χ4n) is 3.21. The van der Waals surface area contributed by atoms with Gasteiger partial charge in [0.15, 0.2) is 5.96 Å². The second-order valence-corrected chi connectivity index (χ2v) is 6.91. The van der Waals surface area contributed by atoms with Crippen LogP contribution in [0.25, 0.3) is 0 Å². The lowest BCUT2D eigenvalue weighted by Gasteiger charge is -2.20. The van der Waals surface area contributed by atoms with Gasteiger partial charge in [0.05, 0.1) is 5.56 Å². The van der Waals surface area contributed by atoms with Gasteiger partial charge >= 0.3 is 0 Å². The Balaban J connectivity index is 0.00000300. The monoisotopic (exact) mass is 508 g/mol. The van der Waals surface area contributed by atoms with Crippen molar-refractivity contribution in [2.75, 3.05) is 38.1 Å². The minimum absolute atomic E-state index is 0. The van der Waals surface area contributed by atoms with Crippen molar-refractivity contribution in [1.29, 1.82) is 0 Å². The van der Waals surface area contributed by atoms with Gasteiger partial charge < -0.3 is 20.9 Å². The SMILES string of the molecule is CN=C(NCCNC(=O)c1cccnc1)NC1CCN(c2ccc(C)cc2)C1.I. The van der Waals surface area contributed by atoms with Crippen molar-refractivity contribution in [2.24, 2.45) is 4.99 Å². The molecule has 0 bridgehead atoms. The van der Waals surface area contributed by atoms with Gasteiger partial charge in [-0.15, -0.1) is 24.0 Å². The third kappa shape index (κ3) is 6.88. The molecule has 0 spiro atoms. The summed E-state index contributed by atoms with van der Waals surface area (Å²) < 4.78 is 0. The standard InChI is InChI=1S/C21H28N6O.HI/c1-16-5-7-19(8-6-16)27-13-9-18(15-27)26-21(22-2)25-12-11-24-20(28)17-4-3-10-23-14-17;/h3-8,10,14,18H,9,11-13,15H2,1-2H3,(H,24,28)(H2,22,25,26);1H. The number of nitrogens with zero attached hydrogens (tertiary/aromatic N) is 3. The predicted molar refractivity (Wildman–Crippen MR) is 128 cm³/mol. The normalized spacial score (nSPS) is 16.1. The molecule has 3 N–H and O–H groups in total. The summed E-state index contributed by atoms with van der Waals surface area (Å²) in [6, 6.07) is 12.5. The molecular weight excluding hydrogens is 479 g/mol. The predicted octanol–water partition coefficient (Wildman–Crippen LogP) is 2.18. The number of anilines is 1. The zero-order valence-electron chi connectivity index (χ0n) is 16.9. The second-order valence-electron chi connectivity index (χ2n) is 6.91. The first-order valence-corrected chi connectivity index (χ1v) is 9.63. The number of aromatic nitrogens is 1. The summed E-state index contributed by atoms with van der Waals surface area (Å²) in [5.41, 5.74) is 3.10. The average molecular weight is 508 g/mol. The van der Waals surface area contributed by atoms with Crippen LogP contribution in [0, 0.1) is 6.92 Å². The van der Waals surface area contributed by atoms with Gasteiger partial charge in [-0.1, -0.05) is 17.7 Å². The molecule has 7 nitrogen and oxygen atoms in total. The number of rotatable bonds is 6. The number of amides is 1. The molecule has 0 saturated carbocycles. The minimum atomic E-state index is -0.123. The van der Waals surface area contributed by atoms with Crippen LogP contribution in [0.3, 0.4) is 0 Å². The van der Waals surface area contributed by atoms with Crippen molar-refractivity contribution in [3.63, 3.8) is 0 Å². The zero-order chi connectivity index (χ0) is 19.8. The maximum Gasteiger partial charge on any atom is 0.252 e. The third-order valence-electron chi connectivity index (χ3n) is 4.78. The summed E-state index contributed by atoms with van der Waals surface area (Å²) in [4.78, 5) is 22.6. The van der Waals surface area contributed by atoms with Crippen LogP contribution in [0.1, 0.15) is 22.3 Å². The van der Waals surface area contributed by atoms with Crippen LogP contribution in [0.15, 0.2) is 53.8 Å². The number of nitrogens with one attached hydrogen (secondary N) is 3. The van der Waals surface area contributed by atoms with E-state index in [4.69, 9.17) is 0 Å². The number of hydrogen-bond donors (Lipinski definition) is 3. The lowest BCUT2D eigenvalue weighted by molar-refractivity contribution is 0.0954. The van der Waals surface area contributed by atoms with Gasteiger partial charge in [0.25, 0.3) is 5.91 Å². The van der Waals surface area contributed by atoms with Crippen LogP contribution in [-0.4, -0.2) is 56.1 Å². The molecule has 3 rings (SSSR count). The molecule has 8 heteroatoms. The number of aliphatic imine (C=N–C) groups is 1. The largest absolute Gasteiger partial charge is 0.369 e. The van der Waals surface area contributed by atoms with Gasteiger partial charge in [0.2, 0.25) is 0 Å². The van der Waals surface area contributed by atoms with E-state index in [1.54, 1.807) is 31.6 Å². The molecule has 1 aromatic heterocycles. The Kier molecular flexibility index (Phi) is 9.17. The van der Waals surface area contributed by atoms with E-state index < -0.39 is 0 Å². The van der Waals surface area contributed by atoms with Crippen LogP contribution in [0.2, 0.25) is 0 Å². The Morgan fingerprint density at radius 3 is 2.66 bits per heavy atom. The molecule has 2 aromatic rings. The molecule has 0 aliphatic carbocycles. The number of guanidine groups is 1. The fraction of sp³-hybridized carbons (Fsp3) is 0.381. The first-order chi connectivity index (χ1) is 13.7. The Morgan fingerprint density at radius 1 is 1.21 bits per heavy atom. The Morgan fingerprint density at radius 2 is 1.97 bits per heavy atom. The molecule has 1 fully saturated rings. The van der Waals surface area contributed by atoms with E-state index >= 15 is 0 Å². The fourth-order valence-corrected chi connectivity index (χ4v) is 3.21. The van der Waals surface area contributed by atoms with Gasteiger partial charge in [-0.2, -0.15) is 0 Å². The van der Waals surface area contributed by atoms with Crippen LogP contribution >= 0.6 is 24.0 Å². The maximum atomic E-state index is 12.0. The van der Waals surface area contributed by atoms with Crippen molar-refractivity contribution in [3.05, 3.63) is 59.9 Å². The van der Waals surface area contributed by atoms with E-state index in [1.807, 2.05) is 0 Å². The highest BCUT2D eigenvalue weighted by Crippen LogP contribution is 2.20.